The van der Waals surface area contributed by atoms with E-state index < -0.39 is 35.2 Å². The number of nitrogens with zero attached hydrogens (tertiary/aromatic N) is 1. The Hall–Kier alpha value is -2.03. The van der Waals surface area contributed by atoms with Crippen LogP contribution in [0.25, 0.3) is 0 Å². The summed E-state index contributed by atoms with van der Waals surface area (Å²) in [6, 6.07) is 0. The maximum absolute atomic E-state index is 13.0. The molecule has 0 aromatic carbocycles. The third-order valence-electron chi connectivity index (χ3n) is 7.96. The van der Waals surface area contributed by atoms with Crippen molar-refractivity contribution in [3.63, 3.8) is 0 Å². The number of carboxylic acid groups (broad SMARTS) is 1. The minimum atomic E-state index is -1.93. The summed E-state index contributed by atoms with van der Waals surface area (Å²) in [7, 11) is 1.96. The van der Waals surface area contributed by atoms with Crippen molar-refractivity contribution in [1.82, 2.24) is 4.90 Å². The van der Waals surface area contributed by atoms with Gasteiger partial charge in [0.25, 0.3) is 0 Å². The van der Waals surface area contributed by atoms with Crippen LogP contribution < -0.4 is 0 Å². The molecule has 0 saturated carbocycles. The number of hydrogen-bond donors (Lipinski definition) is 3. The molecule has 0 aromatic heterocycles. The molecule has 2 bridgehead atoms. The Kier molecular flexibility index (Phi) is 9.29. The molecule has 0 amide bonds. The molecule has 3 rings (SSSR count). The van der Waals surface area contributed by atoms with Gasteiger partial charge in [0.15, 0.2) is 5.78 Å². The van der Waals surface area contributed by atoms with Crippen LogP contribution in [0.4, 0.5) is 0 Å². The summed E-state index contributed by atoms with van der Waals surface area (Å²) in [5.41, 5.74) is 0.492. The van der Waals surface area contributed by atoms with Crippen molar-refractivity contribution >= 4 is 17.5 Å². The average Bonchev–Trinajstić information content (AvgIpc) is 3.10. The highest BCUT2D eigenvalue weighted by Gasteiger charge is 2.63. The van der Waals surface area contributed by atoms with Gasteiger partial charge < -0.3 is 25.0 Å². The maximum atomic E-state index is 13.0. The van der Waals surface area contributed by atoms with E-state index in [0.717, 1.165) is 44.3 Å². The highest BCUT2D eigenvalue weighted by atomic mass is 16.6. The predicted molar refractivity (Wildman–Crippen MR) is 130 cm³/mol. The number of Topliss-reactive ketones (excluding diaryl/α,β-unsaturated/α-hetero) is 1. The zero-order valence-corrected chi connectivity index (χ0v) is 21.1. The number of unbranched alkanes of at least 4 members (excludes halogenated alkanes) is 4. The molecular formula is C27H41NO7. The number of aliphatic hydroxyl groups is 2. The molecule has 2 fully saturated rings. The number of hydrogen-bond acceptors (Lipinski definition) is 7. The topological polar surface area (TPSA) is 124 Å². The van der Waals surface area contributed by atoms with Gasteiger partial charge in [0.1, 0.15) is 6.10 Å². The summed E-state index contributed by atoms with van der Waals surface area (Å²) in [6.07, 6.45) is 10.8. The molecule has 8 heteroatoms. The number of ether oxygens (including phenoxy) is 1. The lowest BCUT2D eigenvalue weighted by Crippen LogP contribution is -2.61. The van der Waals surface area contributed by atoms with Crippen LogP contribution >= 0.6 is 0 Å². The standard InChI is InChI=1S/C27H41NO7/c1-3-4-8-11-19-22(16-21(30)20(29)12-9-6-5-7-10-13-25(32)33)35-27(34)18-26(19)14-15-28(2)23(26)17-24(27)31/h4,8,17,19-20,22,29,34H,3,5-7,9-16,18H2,1-2H3,(H,32,33)/t19-,20+,22-,26?,27-/m0/s1. The lowest BCUT2D eigenvalue weighted by Gasteiger charge is -2.54. The highest BCUT2D eigenvalue weighted by Crippen LogP contribution is 2.59. The minimum Gasteiger partial charge on any atom is -0.481 e. The van der Waals surface area contributed by atoms with Gasteiger partial charge >= 0.3 is 5.97 Å². The first-order chi connectivity index (χ1) is 16.6. The fourth-order valence-electron chi connectivity index (χ4n) is 6.09. The Bertz CT molecular complexity index is 852. The van der Waals surface area contributed by atoms with Crippen molar-refractivity contribution in [3.05, 3.63) is 23.9 Å². The monoisotopic (exact) mass is 491 g/mol. The number of carbonyl (C=O) groups is 3. The van der Waals surface area contributed by atoms with E-state index in [2.05, 4.69) is 24.0 Å². The van der Waals surface area contributed by atoms with Gasteiger partial charge in [-0.25, -0.2) is 0 Å². The zero-order valence-electron chi connectivity index (χ0n) is 21.1. The van der Waals surface area contributed by atoms with Gasteiger partial charge in [-0.15, -0.1) is 0 Å². The second-order valence-corrected chi connectivity index (χ2v) is 10.4. The number of rotatable bonds is 14. The summed E-state index contributed by atoms with van der Waals surface area (Å²) in [5.74, 6) is -3.59. The van der Waals surface area contributed by atoms with Crippen LogP contribution in [0.5, 0.6) is 0 Å². The molecular weight excluding hydrogens is 450 g/mol. The number of carbonyl (C=O) groups excluding carboxylic acids is 2. The predicted octanol–water partition coefficient (Wildman–Crippen LogP) is 3.36. The quantitative estimate of drug-likeness (QED) is 0.250. The van der Waals surface area contributed by atoms with E-state index in [-0.39, 0.29) is 31.0 Å². The van der Waals surface area contributed by atoms with E-state index in [9.17, 15) is 24.6 Å². The second kappa shape index (κ2) is 11.8. The molecule has 2 heterocycles. The van der Waals surface area contributed by atoms with Crippen LogP contribution in [0, 0.1) is 11.3 Å². The Morgan fingerprint density at radius 2 is 1.94 bits per heavy atom. The molecule has 5 atom stereocenters. The number of allylic oxidation sites excluding steroid dienone is 3. The summed E-state index contributed by atoms with van der Waals surface area (Å²) in [5, 5.41) is 30.3. The van der Waals surface area contributed by atoms with Gasteiger partial charge in [0.2, 0.25) is 11.6 Å². The number of aliphatic carboxylic acids is 1. The first kappa shape index (κ1) is 27.6. The molecule has 0 radical (unpaired) electrons. The van der Waals surface area contributed by atoms with Crippen molar-refractivity contribution in [2.75, 3.05) is 13.6 Å². The summed E-state index contributed by atoms with van der Waals surface area (Å²) >= 11 is 0. The molecule has 3 N–H and O–H groups in total. The van der Waals surface area contributed by atoms with E-state index in [1.807, 2.05) is 7.05 Å². The van der Waals surface area contributed by atoms with Gasteiger partial charge in [-0.3, -0.25) is 14.4 Å². The van der Waals surface area contributed by atoms with Gasteiger partial charge in [0.05, 0.1) is 6.10 Å². The van der Waals surface area contributed by atoms with E-state index in [1.54, 1.807) is 0 Å². The summed E-state index contributed by atoms with van der Waals surface area (Å²) < 4.78 is 5.98. The Morgan fingerprint density at radius 3 is 2.66 bits per heavy atom. The first-order valence-electron chi connectivity index (χ1n) is 13.1. The fraction of sp³-hybridized carbons (Fsp3) is 0.741. The molecule has 1 spiro atoms. The van der Waals surface area contributed by atoms with Crippen molar-refractivity contribution in [2.45, 2.75) is 102 Å². The Labute approximate surface area is 208 Å². The van der Waals surface area contributed by atoms with Crippen LogP contribution in [-0.4, -0.2) is 69.3 Å². The highest BCUT2D eigenvalue weighted by molar-refractivity contribution is 5.98. The van der Waals surface area contributed by atoms with Crippen LogP contribution in [0.1, 0.15) is 84.0 Å². The van der Waals surface area contributed by atoms with Gasteiger partial charge in [-0.2, -0.15) is 0 Å². The van der Waals surface area contributed by atoms with E-state index in [4.69, 9.17) is 9.84 Å². The smallest absolute Gasteiger partial charge is 0.303 e. The first-order valence-corrected chi connectivity index (χ1v) is 13.1. The molecule has 0 aromatic rings. The number of carboxylic acids is 1. The van der Waals surface area contributed by atoms with Gasteiger partial charge in [0, 0.05) is 56.0 Å². The zero-order chi connectivity index (χ0) is 25.6. The van der Waals surface area contributed by atoms with Crippen LogP contribution in [0.3, 0.4) is 0 Å². The molecule has 2 aliphatic heterocycles. The van der Waals surface area contributed by atoms with Crippen molar-refractivity contribution < 1.29 is 34.4 Å². The van der Waals surface area contributed by atoms with Crippen LogP contribution in [0.2, 0.25) is 0 Å². The normalized spacial score (nSPS) is 30.9. The van der Waals surface area contributed by atoms with Crippen LogP contribution in [-0.2, 0) is 19.1 Å². The van der Waals surface area contributed by atoms with E-state index in [0.29, 0.717) is 25.7 Å². The molecule has 1 aliphatic carbocycles. The van der Waals surface area contributed by atoms with Crippen molar-refractivity contribution in [2.24, 2.45) is 11.3 Å². The number of likely N-dealkylation sites (tertiary alicyclic amines) is 1. The maximum Gasteiger partial charge on any atom is 0.303 e. The Balaban J connectivity index is 1.65. The number of fused-ring (bicyclic) bond motifs is 1. The minimum absolute atomic E-state index is 0.0429. The lowest BCUT2D eigenvalue weighted by molar-refractivity contribution is -0.278. The van der Waals surface area contributed by atoms with Crippen LogP contribution in [0.15, 0.2) is 23.9 Å². The van der Waals surface area contributed by atoms with Crippen molar-refractivity contribution in [3.8, 4) is 0 Å². The van der Waals surface area contributed by atoms with E-state index >= 15 is 0 Å². The van der Waals surface area contributed by atoms with Gasteiger partial charge in [-0.1, -0.05) is 44.8 Å². The van der Waals surface area contributed by atoms with Crippen molar-refractivity contribution in [1.29, 1.82) is 0 Å². The fourth-order valence-corrected chi connectivity index (χ4v) is 6.09. The lowest BCUT2D eigenvalue weighted by atomic mass is 9.59. The van der Waals surface area contributed by atoms with Gasteiger partial charge in [-0.05, 0) is 32.1 Å². The van der Waals surface area contributed by atoms with E-state index in [1.165, 1.54) is 6.08 Å². The second-order valence-electron chi connectivity index (χ2n) is 10.4. The molecule has 35 heavy (non-hydrogen) atoms. The molecule has 8 nitrogen and oxygen atoms in total. The third-order valence-corrected chi connectivity index (χ3v) is 7.96. The molecule has 2 saturated heterocycles. The third kappa shape index (κ3) is 6.22. The summed E-state index contributed by atoms with van der Waals surface area (Å²) in [6.45, 7) is 2.83. The Morgan fingerprint density at radius 1 is 1.23 bits per heavy atom. The SMILES string of the molecule is CCC=CC[C@H]1[C@H](CC(=O)[C@H](O)CCCCCCCC(=O)O)O[C@@]2(O)CC13CCN(C)C3=CC2=O. The largest absolute Gasteiger partial charge is 0.481 e. The average molecular weight is 492 g/mol. The molecule has 3 aliphatic rings. The number of aliphatic hydroxyl groups excluding tert-OH is 1. The number of ketones is 2. The molecule has 196 valence electrons. The summed E-state index contributed by atoms with van der Waals surface area (Å²) in [4.78, 5) is 38.4. The molecule has 1 unspecified atom stereocenters.